The Balaban J connectivity index is 1.18. The number of aromatic nitrogens is 1. The van der Waals surface area contributed by atoms with Gasteiger partial charge in [-0.05, 0) is 93.0 Å². The Labute approximate surface area is 303 Å². The van der Waals surface area contributed by atoms with Gasteiger partial charge >= 0.3 is 0 Å². The first-order valence-corrected chi connectivity index (χ1v) is 17.8. The van der Waals surface area contributed by atoms with Crippen LogP contribution in [-0.2, 0) is 0 Å². The van der Waals surface area contributed by atoms with Crippen LogP contribution < -0.4 is 4.90 Å². The van der Waals surface area contributed by atoms with E-state index in [2.05, 4.69) is 216 Å². The lowest BCUT2D eigenvalue weighted by molar-refractivity contribution is 1.18. The van der Waals surface area contributed by atoms with Gasteiger partial charge in [-0.15, -0.1) is 0 Å². The molecular weight excluding hydrogens is 629 g/mol. The van der Waals surface area contributed by atoms with Crippen LogP contribution in [0.5, 0.6) is 0 Å². The Morgan fingerprint density at radius 1 is 0.308 bits per heavy atom. The van der Waals surface area contributed by atoms with E-state index in [0.717, 1.165) is 22.7 Å². The fraction of sp³-hybridized carbons (Fsp3) is 0. The summed E-state index contributed by atoms with van der Waals surface area (Å²) in [4.78, 5) is 2.39. The van der Waals surface area contributed by atoms with E-state index in [1.54, 1.807) is 0 Å². The van der Waals surface area contributed by atoms with Gasteiger partial charge in [0.05, 0.1) is 11.0 Å². The molecule has 10 aromatic rings. The molecule has 0 radical (unpaired) electrons. The molecule has 0 aliphatic rings. The highest BCUT2D eigenvalue weighted by Crippen LogP contribution is 2.42. The summed E-state index contributed by atoms with van der Waals surface area (Å²) in [5.74, 6) is 0. The second-order valence-corrected chi connectivity index (χ2v) is 13.4. The Hall–Kier alpha value is -6.90. The lowest BCUT2D eigenvalue weighted by Gasteiger charge is -2.26. The van der Waals surface area contributed by atoms with Gasteiger partial charge < -0.3 is 9.47 Å². The molecule has 1 aromatic heterocycles. The quantitative estimate of drug-likeness (QED) is 0.172. The average Bonchev–Trinajstić information content (AvgIpc) is 3.56. The van der Waals surface area contributed by atoms with Gasteiger partial charge in [-0.25, -0.2) is 0 Å². The Kier molecular flexibility index (Phi) is 7.18. The molecule has 0 amide bonds. The van der Waals surface area contributed by atoms with Gasteiger partial charge in [0.2, 0.25) is 0 Å². The fourth-order valence-corrected chi connectivity index (χ4v) is 7.83. The van der Waals surface area contributed by atoms with Crippen molar-refractivity contribution in [3.05, 3.63) is 206 Å². The first-order valence-electron chi connectivity index (χ1n) is 17.8. The van der Waals surface area contributed by atoms with Crippen LogP contribution in [0.3, 0.4) is 0 Å². The van der Waals surface area contributed by atoms with Gasteiger partial charge in [0, 0.05) is 38.9 Å². The highest BCUT2D eigenvalue weighted by Gasteiger charge is 2.19. The Morgan fingerprint density at radius 2 is 0.885 bits per heavy atom. The van der Waals surface area contributed by atoms with Crippen LogP contribution in [0, 0.1) is 0 Å². The van der Waals surface area contributed by atoms with Crippen molar-refractivity contribution in [3.8, 4) is 27.9 Å². The standard InChI is InChI=1S/C50H34N2/c1-3-12-35(13-4-1)40-17-11-20-44(33-40)51(43-27-24-37(25-28-43)41-23-22-36-14-7-8-16-39(36)32-41)45-29-31-47-48-30-26-38-15-9-10-21-46(38)50(48)52(49(47)34-45)42-18-5-2-6-19-42/h1-34H. The summed E-state index contributed by atoms with van der Waals surface area (Å²) in [6.45, 7) is 0. The maximum absolute atomic E-state index is 2.44. The van der Waals surface area contributed by atoms with Gasteiger partial charge in [0.25, 0.3) is 0 Å². The Bertz CT molecular complexity index is 2890. The van der Waals surface area contributed by atoms with E-state index in [-0.39, 0.29) is 0 Å². The van der Waals surface area contributed by atoms with Crippen LogP contribution >= 0.6 is 0 Å². The zero-order valence-corrected chi connectivity index (χ0v) is 28.5. The van der Waals surface area contributed by atoms with Crippen molar-refractivity contribution in [1.82, 2.24) is 4.57 Å². The third-order valence-electron chi connectivity index (χ3n) is 10.3. The van der Waals surface area contributed by atoms with Crippen molar-refractivity contribution in [3.63, 3.8) is 0 Å². The molecule has 0 unspecified atom stereocenters. The van der Waals surface area contributed by atoms with Gasteiger partial charge in [-0.3, -0.25) is 0 Å². The van der Waals surface area contributed by atoms with Gasteiger partial charge in [-0.1, -0.05) is 152 Å². The van der Waals surface area contributed by atoms with Crippen molar-refractivity contribution in [2.45, 2.75) is 0 Å². The molecule has 0 aliphatic carbocycles. The summed E-state index contributed by atoms with van der Waals surface area (Å²) in [6.07, 6.45) is 0. The summed E-state index contributed by atoms with van der Waals surface area (Å²) in [5.41, 5.74) is 11.6. The zero-order chi connectivity index (χ0) is 34.4. The SMILES string of the molecule is c1ccc(-c2cccc(N(c3ccc(-c4ccc5ccccc5c4)cc3)c3ccc4c5ccc6ccccc6c5n(-c5ccccc5)c4c3)c2)cc1. The molecule has 2 heteroatoms. The van der Waals surface area contributed by atoms with E-state index in [9.17, 15) is 0 Å². The molecule has 52 heavy (non-hydrogen) atoms. The smallest absolute Gasteiger partial charge is 0.0619 e. The van der Waals surface area contributed by atoms with Crippen molar-refractivity contribution < 1.29 is 0 Å². The molecule has 0 bridgehead atoms. The number of fused-ring (bicyclic) bond motifs is 6. The normalized spacial score (nSPS) is 11.5. The predicted molar refractivity (Wildman–Crippen MR) is 221 cm³/mol. The van der Waals surface area contributed by atoms with E-state index in [0.29, 0.717) is 0 Å². The van der Waals surface area contributed by atoms with Crippen LogP contribution in [0.25, 0.3) is 71.3 Å². The number of hydrogen-bond donors (Lipinski definition) is 0. The molecule has 10 rings (SSSR count). The molecule has 0 saturated heterocycles. The van der Waals surface area contributed by atoms with Crippen LogP contribution in [-0.4, -0.2) is 4.57 Å². The minimum absolute atomic E-state index is 1.10. The highest BCUT2D eigenvalue weighted by molar-refractivity contribution is 6.19. The van der Waals surface area contributed by atoms with E-state index in [1.165, 1.54) is 65.6 Å². The molecule has 0 atom stereocenters. The average molecular weight is 663 g/mol. The van der Waals surface area contributed by atoms with Crippen molar-refractivity contribution in [2.24, 2.45) is 0 Å². The molecule has 0 saturated carbocycles. The molecule has 0 N–H and O–H groups in total. The van der Waals surface area contributed by atoms with E-state index in [4.69, 9.17) is 0 Å². The minimum atomic E-state index is 1.10. The first kappa shape index (κ1) is 30.0. The molecule has 0 aliphatic heterocycles. The van der Waals surface area contributed by atoms with Crippen molar-refractivity contribution in [2.75, 3.05) is 4.90 Å². The van der Waals surface area contributed by atoms with Crippen molar-refractivity contribution >= 4 is 60.4 Å². The molecule has 0 fully saturated rings. The van der Waals surface area contributed by atoms with E-state index >= 15 is 0 Å². The molecule has 244 valence electrons. The van der Waals surface area contributed by atoms with Crippen LogP contribution in [0.2, 0.25) is 0 Å². The monoisotopic (exact) mass is 662 g/mol. The highest BCUT2D eigenvalue weighted by atomic mass is 15.1. The predicted octanol–water partition coefficient (Wildman–Crippen LogP) is 13.9. The van der Waals surface area contributed by atoms with Crippen molar-refractivity contribution in [1.29, 1.82) is 0 Å². The summed E-state index contributed by atoms with van der Waals surface area (Å²) in [6, 6.07) is 74.7. The second kappa shape index (κ2) is 12.5. The maximum atomic E-state index is 2.44. The van der Waals surface area contributed by atoms with Crippen LogP contribution in [0.1, 0.15) is 0 Å². The zero-order valence-electron chi connectivity index (χ0n) is 28.5. The van der Waals surface area contributed by atoms with Crippen LogP contribution in [0.4, 0.5) is 17.1 Å². The third-order valence-corrected chi connectivity index (χ3v) is 10.3. The number of anilines is 3. The molecule has 2 nitrogen and oxygen atoms in total. The Morgan fingerprint density at radius 3 is 1.71 bits per heavy atom. The molecule has 0 spiro atoms. The summed E-state index contributed by atoms with van der Waals surface area (Å²) in [7, 11) is 0. The largest absolute Gasteiger partial charge is 0.310 e. The second-order valence-electron chi connectivity index (χ2n) is 13.4. The lowest BCUT2D eigenvalue weighted by Crippen LogP contribution is -2.10. The van der Waals surface area contributed by atoms with E-state index in [1.807, 2.05) is 0 Å². The summed E-state index contributed by atoms with van der Waals surface area (Å²) in [5, 5.41) is 7.47. The van der Waals surface area contributed by atoms with Gasteiger partial charge in [-0.2, -0.15) is 0 Å². The van der Waals surface area contributed by atoms with E-state index < -0.39 is 0 Å². The summed E-state index contributed by atoms with van der Waals surface area (Å²) >= 11 is 0. The molecule has 9 aromatic carbocycles. The first-order chi connectivity index (χ1) is 25.8. The van der Waals surface area contributed by atoms with Crippen LogP contribution in [0.15, 0.2) is 206 Å². The number of hydrogen-bond acceptors (Lipinski definition) is 1. The lowest BCUT2D eigenvalue weighted by atomic mass is 10.0. The maximum Gasteiger partial charge on any atom is 0.0619 e. The fourth-order valence-electron chi connectivity index (χ4n) is 7.83. The third kappa shape index (κ3) is 5.12. The number of para-hydroxylation sites is 1. The number of benzene rings is 9. The molecular formula is C50H34N2. The number of rotatable bonds is 6. The number of nitrogens with zero attached hydrogens (tertiary/aromatic N) is 2. The van der Waals surface area contributed by atoms with Gasteiger partial charge in [0.1, 0.15) is 0 Å². The summed E-state index contributed by atoms with van der Waals surface area (Å²) < 4.78 is 2.44. The molecule has 1 heterocycles. The minimum Gasteiger partial charge on any atom is -0.310 e. The topological polar surface area (TPSA) is 8.17 Å². The van der Waals surface area contributed by atoms with Gasteiger partial charge in [0.15, 0.2) is 0 Å².